The molecule has 0 saturated heterocycles. The Bertz CT molecular complexity index is 639. The monoisotopic (exact) mass is 346 g/mol. The van der Waals surface area contributed by atoms with E-state index in [0.29, 0.717) is 21.5 Å². The molecule has 114 valence electrons. The number of hydrogen-bond acceptors (Lipinski definition) is 3. The van der Waals surface area contributed by atoms with Gasteiger partial charge in [0, 0.05) is 13.5 Å². The summed E-state index contributed by atoms with van der Waals surface area (Å²) in [6.07, 6.45) is 1.40. The zero-order chi connectivity index (χ0) is 15.6. The molecule has 1 atom stereocenters. The lowest BCUT2D eigenvalue weighted by molar-refractivity contribution is 0.530. The third-order valence-corrected chi connectivity index (χ3v) is 4.62. The molecular weight excluding hydrogens is 331 g/mol. The third-order valence-electron chi connectivity index (χ3n) is 3.45. The molecule has 4 nitrogen and oxygen atoms in total. The van der Waals surface area contributed by atoms with Gasteiger partial charge in [-0.1, -0.05) is 47.8 Å². The molecule has 1 heterocycles. The van der Waals surface area contributed by atoms with Gasteiger partial charge in [-0.05, 0) is 24.1 Å². The van der Waals surface area contributed by atoms with Crippen molar-refractivity contribution < 1.29 is 0 Å². The highest BCUT2D eigenvalue weighted by Gasteiger charge is 2.19. The third kappa shape index (κ3) is 3.52. The molecule has 0 spiro atoms. The number of halogens is 3. The smallest absolute Gasteiger partial charge is 0.0850 e. The fourth-order valence-corrected chi connectivity index (χ4v) is 2.91. The fraction of sp³-hybridized carbons (Fsp3) is 0.357. The first-order valence-corrected chi connectivity index (χ1v) is 7.72. The van der Waals surface area contributed by atoms with Gasteiger partial charge in [0.1, 0.15) is 0 Å². The molecule has 3 N–H and O–H groups in total. The van der Waals surface area contributed by atoms with Crippen LogP contribution in [0.5, 0.6) is 0 Å². The van der Waals surface area contributed by atoms with E-state index in [1.54, 1.807) is 16.8 Å². The summed E-state index contributed by atoms with van der Waals surface area (Å²) in [5.41, 5.74) is 5.56. The predicted octanol–water partition coefficient (Wildman–Crippen LogP) is 3.69. The Balaban J connectivity index is 2.31. The number of benzene rings is 1. The van der Waals surface area contributed by atoms with E-state index in [9.17, 15) is 0 Å². The molecule has 0 amide bonds. The molecule has 0 bridgehead atoms. The Morgan fingerprint density at radius 1 is 1.29 bits per heavy atom. The van der Waals surface area contributed by atoms with E-state index in [4.69, 9.17) is 40.6 Å². The highest BCUT2D eigenvalue weighted by atomic mass is 35.5. The fourth-order valence-electron chi connectivity index (χ4n) is 2.24. The van der Waals surface area contributed by atoms with Crippen LogP contribution in [0.25, 0.3) is 0 Å². The topological polar surface area (TPSA) is 55.9 Å². The minimum absolute atomic E-state index is 0.127. The molecule has 2 rings (SSSR count). The van der Waals surface area contributed by atoms with Gasteiger partial charge in [0.25, 0.3) is 0 Å². The van der Waals surface area contributed by atoms with E-state index >= 15 is 0 Å². The van der Waals surface area contributed by atoms with Crippen LogP contribution < -0.4 is 11.3 Å². The van der Waals surface area contributed by atoms with Crippen LogP contribution in [0.3, 0.4) is 0 Å². The van der Waals surface area contributed by atoms with Crippen LogP contribution in [0.4, 0.5) is 0 Å². The van der Waals surface area contributed by atoms with Gasteiger partial charge in [0.15, 0.2) is 0 Å². The average Bonchev–Trinajstić information content (AvgIpc) is 2.74. The molecule has 0 fully saturated rings. The summed E-state index contributed by atoms with van der Waals surface area (Å²) in [6.45, 7) is 2.02. The standard InChI is InChI=1S/C14H17Cl3N4/c1-3-11-14(17)13(21(2)20-11)7-12(19-18)8-4-5-9(15)10(16)6-8/h4-6,12,19H,3,7,18H2,1-2H3. The molecule has 0 saturated carbocycles. The lowest BCUT2D eigenvalue weighted by Gasteiger charge is -2.17. The number of nitrogens with two attached hydrogens (primary N) is 1. The summed E-state index contributed by atoms with van der Waals surface area (Å²) < 4.78 is 1.79. The molecular formula is C14H17Cl3N4. The quantitative estimate of drug-likeness (QED) is 0.640. The maximum absolute atomic E-state index is 6.38. The molecule has 1 unspecified atom stereocenters. The van der Waals surface area contributed by atoms with Crippen molar-refractivity contribution in [2.45, 2.75) is 25.8 Å². The Morgan fingerprint density at radius 3 is 2.52 bits per heavy atom. The van der Waals surface area contributed by atoms with E-state index in [1.165, 1.54) is 0 Å². The largest absolute Gasteiger partial charge is 0.271 e. The summed E-state index contributed by atoms with van der Waals surface area (Å²) in [7, 11) is 1.88. The second-order valence-corrected chi connectivity index (χ2v) is 5.97. The van der Waals surface area contributed by atoms with Gasteiger partial charge in [0.2, 0.25) is 0 Å². The second-order valence-electron chi connectivity index (χ2n) is 4.78. The number of aryl methyl sites for hydroxylation is 2. The Labute approximate surface area is 139 Å². The molecule has 0 aliphatic carbocycles. The van der Waals surface area contributed by atoms with Crippen molar-refractivity contribution in [3.8, 4) is 0 Å². The number of hydrazine groups is 1. The van der Waals surface area contributed by atoms with Crippen molar-refractivity contribution in [3.63, 3.8) is 0 Å². The molecule has 0 aliphatic heterocycles. The van der Waals surface area contributed by atoms with Crippen molar-refractivity contribution in [1.29, 1.82) is 0 Å². The van der Waals surface area contributed by atoms with Crippen LogP contribution in [-0.4, -0.2) is 9.78 Å². The summed E-state index contributed by atoms with van der Waals surface area (Å²) in [5.74, 6) is 5.68. The maximum Gasteiger partial charge on any atom is 0.0850 e. The van der Waals surface area contributed by atoms with Gasteiger partial charge >= 0.3 is 0 Å². The Kier molecular flexibility index (Phi) is 5.52. The summed E-state index contributed by atoms with van der Waals surface area (Å²) >= 11 is 18.4. The van der Waals surface area contributed by atoms with Crippen molar-refractivity contribution >= 4 is 34.8 Å². The second kappa shape index (κ2) is 6.99. The number of nitrogens with one attached hydrogen (secondary N) is 1. The van der Waals surface area contributed by atoms with Gasteiger partial charge in [0.05, 0.1) is 32.5 Å². The lowest BCUT2D eigenvalue weighted by Crippen LogP contribution is -2.30. The molecule has 1 aromatic heterocycles. The van der Waals surface area contributed by atoms with Crippen LogP contribution in [0, 0.1) is 0 Å². The summed E-state index contributed by atoms with van der Waals surface area (Å²) in [4.78, 5) is 0. The van der Waals surface area contributed by atoms with Crippen molar-refractivity contribution in [2.24, 2.45) is 12.9 Å². The number of hydrogen-bond donors (Lipinski definition) is 2. The molecule has 7 heteroatoms. The first kappa shape index (κ1) is 16.6. The first-order chi connectivity index (χ1) is 9.97. The molecule has 2 aromatic rings. The lowest BCUT2D eigenvalue weighted by atomic mass is 10.0. The maximum atomic E-state index is 6.38. The summed E-state index contributed by atoms with van der Waals surface area (Å²) in [6, 6.07) is 5.33. The van der Waals surface area contributed by atoms with Gasteiger partial charge < -0.3 is 0 Å². The number of nitrogens with zero attached hydrogens (tertiary/aromatic N) is 2. The van der Waals surface area contributed by atoms with E-state index in [0.717, 1.165) is 23.4 Å². The molecule has 0 radical (unpaired) electrons. The number of rotatable bonds is 5. The van der Waals surface area contributed by atoms with Gasteiger partial charge in [-0.15, -0.1) is 0 Å². The SMILES string of the molecule is CCc1nn(C)c(CC(NN)c2ccc(Cl)c(Cl)c2)c1Cl. The molecule has 1 aromatic carbocycles. The number of aromatic nitrogens is 2. The van der Waals surface area contributed by atoms with E-state index in [2.05, 4.69) is 10.5 Å². The van der Waals surface area contributed by atoms with Gasteiger partial charge in [-0.3, -0.25) is 16.0 Å². The van der Waals surface area contributed by atoms with Crippen LogP contribution in [0.15, 0.2) is 18.2 Å². The Hall–Kier alpha value is -0.780. The zero-order valence-electron chi connectivity index (χ0n) is 11.8. The van der Waals surface area contributed by atoms with E-state index in [-0.39, 0.29) is 6.04 Å². The van der Waals surface area contributed by atoms with Crippen LogP contribution in [0.1, 0.15) is 29.9 Å². The van der Waals surface area contributed by atoms with Crippen LogP contribution in [-0.2, 0) is 19.9 Å². The Morgan fingerprint density at radius 2 is 2.00 bits per heavy atom. The minimum atomic E-state index is -0.127. The molecule has 0 aliphatic rings. The normalized spacial score (nSPS) is 12.7. The van der Waals surface area contributed by atoms with E-state index < -0.39 is 0 Å². The first-order valence-electron chi connectivity index (χ1n) is 6.59. The van der Waals surface area contributed by atoms with Crippen LogP contribution >= 0.6 is 34.8 Å². The van der Waals surface area contributed by atoms with Crippen molar-refractivity contribution in [1.82, 2.24) is 15.2 Å². The van der Waals surface area contributed by atoms with E-state index in [1.807, 2.05) is 20.0 Å². The van der Waals surface area contributed by atoms with Gasteiger partial charge in [-0.2, -0.15) is 5.10 Å². The molecule has 21 heavy (non-hydrogen) atoms. The van der Waals surface area contributed by atoms with Gasteiger partial charge in [-0.25, -0.2) is 0 Å². The highest BCUT2D eigenvalue weighted by molar-refractivity contribution is 6.42. The zero-order valence-corrected chi connectivity index (χ0v) is 14.1. The highest BCUT2D eigenvalue weighted by Crippen LogP contribution is 2.29. The van der Waals surface area contributed by atoms with Crippen LogP contribution in [0.2, 0.25) is 15.1 Å². The van der Waals surface area contributed by atoms with Crippen molar-refractivity contribution in [2.75, 3.05) is 0 Å². The summed E-state index contributed by atoms with van der Waals surface area (Å²) in [5, 5.41) is 6.12. The predicted molar refractivity (Wildman–Crippen MR) is 87.8 cm³/mol. The average molecular weight is 348 g/mol. The minimum Gasteiger partial charge on any atom is -0.271 e. The van der Waals surface area contributed by atoms with Crippen molar-refractivity contribution in [3.05, 3.63) is 50.2 Å².